The largest absolute Gasteiger partial charge is 0.446 e. The second-order valence-corrected chi connectivity index (χ2v) is 6.98. The molecule has 1 saturated heterocycles. The van der Waals surface area contributed by atoms with Crippen molar-refractivity contribution in [1.82, 2.24) is 4.90 Å². The zero-order valence-electron chi connectivity index (χ0n) is 15.7. The van der Waals surface area contributed by atoms with Crippen molar-refractivity contribution in [3.63, 3.8) is 0 Å². The Morgan fingerprint density at radius 3 is 2.41 bits per heavy atom. The van der Waals surface area contributed by atoms with E-state index in [4.69, 9.17) is 9.47 Å². The maximum Gasteiger partial charge on any atom is 0.417 e. The first kappa shape index (κ1) is 19.1. The number of hydrogen-bond acceptors (Lipinski definition) is 4. The van der Waals surface area contributed by atoms with E-state index in [0.717, 1.165) is 11.1 Å². The minimum Gasteiger partial charge on any atom is -0.446 e. The van der Waals surface area contributed by atoms with E-state index < -0.39 is 6.09 Å². The SMILES string of the molecule is C[C@@H](COCc1ccccc1)[C@@H](C)C(=O)N1C(=O)OC[C@H]1c1ccccc1. The van der Waals surface area contributed by atoms with Crippen molar-refractivity contribution in [1.29, 1.82) is 0 Å². The molecular weight excluding hydrogens is 342 g/mol. The number of nitrogens with zero attached hydrogens (tertiary/aromatic N) is 1. The van der Waals surface area contributed by atoms with E-state index in [9.17, 15) is 9.59 Å². The van der Waals surface area contributed by atoms with Crippen LogP contribution in [0.5, 0.6) is 0 Å². The average molecular weight is 367 g/mol. The summed E-state index contributed by atoms with van der Waals surface area (Å²) in [5.74, 6) is -0.592. The Morgan fingerprint density at radius 2 is 1.74 bits per heavy atom. The summed E-state index contributed by atoms with van der Waals surface area (Å²) in [6.07, 6.45) is -0.571. The Bertz CT molecular complexity index is 762. The molecule has 0 aromatic heterocycles. The number of rotatable bonds is 7. The number of cyclic esters (lactones) is 1. The Balaban J connectivity index is 1.60. The number of ether oxygens (including phenoxy) is 2. The zero-order chi connectivity index (χ0) is 19.2. The highest BCUT2D eigenvalue weighted by Gasteiger charge is 2.41. The van der Waals surface area contributed by atoms with Gasteiger partial charge in [-0.25, -0.2) is 9.69 Å². The van der Waals surface area contributed by atoms with Crippen molar-refractivity contribution in [3.8, 4) is 0 Å². The van der Waals surface area contributed by atoms with Gasteiger partial charge in [-0.3, -0.25) is 4.79 Å². The van der Waals surface area contributed by atoms with Crippen LogP contribution in [0.3, 0.4) is 0 Å². The molecule has 0 unspecified atom stereocenters. The molecule has 1 heterocycles. The molecule has 3 rings (SSSR count). The topological polar surface area (TPSA) is 55.8 Å². The van der Waals surface area contributed by atoms with E-state index in [1.54, 1.807) is 0 Å². The number of amides is 2. The Morgan fingerprint density at radius 1 is 1.11 bits per heavy atom. The fraction of sp³-hybridized carbons (Fsp3) is 0.364. The van der Waals surface area contributed by atoms with Crippen LogP contribution in [0.4, 0.5) is 4.79 Å². The van der Waals surface area contributed by atoms with Crippen molar-refractivity contribution in [2.45, 2.75) is 26.5 Å². The van der Waals surface area contributed by atoms with Gasteiger partial charge in [-0.2, -0.15) is 0 Å². The summed E-state index contributed by atoms with van der Waals surface area (Å²) in [5, 5.41) is 0. The quantitative estimate of drug-likeness (QED) is 0.736. The third kappa shape index (κ3) is 4.55. The molecule has 0 bridgehead atoms. The van der Waals surface area contributed by atoms with E-state index in [2.05, 4.69) is 0 Å². The molecule has 2 aromatic rings. The van der Waals surface area contributed by atoms with Crippen LogP contribution in [0, 0.1) is 11.8 Å². The highest BCUT2D eigenvalue weighted by molar-refractivity contribution is 5.94. The molecular formula is C22H25NO4. The van der Waals surface area contributed by atoms with Crippen molar-refractivity contribution >= 4 is 12.0 Å². The molecule has 0 aliphatic carbocycles. The van der Waals surface area contributed by atoms with Gasteiger partial charge in [0.2, 0.25) is 5.91 Å². The standard InChI is InChI=1S/C22H25NO4/c1-16(13-26-14-18-9-5-3-6-10-18)17(2)21(24)23-20(15-27-22(23)25)19-11-7-4-8-12-19/h3-12,16-17,20H,13-15H2,1-2H3/t16-,17+,20-/m0/s1. The second kappa shape index (κ2) is 8.82. The first-order valence-corrected chi connectivity index (χ1v) is 9.24. The van der Waals surface area contributed by atoms with Gasteiger partial charge in [-0.1, -0.05) is 74.5 Å². The van der Waals surface area contributed by atoms with Crippen molar-refractivity contribution in [2.24, 2.45) is 11.8 Å². The molecule has 0 spiro atoms. The van der Waals surface area contributed by atoms with Gasteiger partial charge in [0.1, 0.15) is 12.6 Å². The predicted octanol–water partition coefficient (Wildman–Crippen LogP) is 4.20. The van der Waals surface area contributed by atoms with Crippen LogP contribution in [0.25, 0.3) is 0 Å². The summed E-state index contributed by atoms with van der Waals surface area (Å²) in [4.78, 5) is 26.4. The Labute approximate surface area is 159 Å². The number of carbonyl (C=O) groups is 2. The molecule has 1 fully saturated rings. The first-order chi connectivity index (χ1) is 13.1. The van der Waals surface area contributed by atoms with Crippen molar-refractivity contribution < 1.29 is 19.1 Å². The normalized spacial score (nSPS) is 18.8. The molecule has 0 radical (unpaired) electrons. The van der Waals surface area contributed by atoms with E-state index in [-0.39, 0.29) is 30.4 Å². The molecule has 2 amide bonds. The summed E-state index contributed by atoms with van der Waals surface area (Å²) in [7, 11) is 0. The lowest BCUT2D eigenvalue weighted by Gasteiger charge is -2.26. The van der Waals surface area contributed by atoms with Gasteiger partial charge in [0.05, 0.1) is 13.2 Å². The van der Waals surface area contributed by atoms with Gasteiger partial charge in [0.25, 0.3) is 0 Å². The lowest BCUT2D eigenvalue weighted by molar-refractivity contribution is -0.135. The first-order valence-electron chi connectivity index (χ1n) is 9.24. The van der Waals surface area contributed by atoms with E-state index in [0.29, 0.717) is 13.2 Å². The van der Waals surface area contributed by atoms with Gasteiger partial charge in [-0.15, -0.1) is 0 Å². The summed E-state index contributed by atoms with van der Waals surface area (Å²) < 4.78 is 10.9. The third-order valence-electron chi connectivity index (χ3n) is 5.03. The van der Waals surface area contributed by atoms with Crippen LogP contribution in [-0.2, 0) is 20.9 Å². The van der Waals surface area contributed by atoms with Crippen LogP contribution in [0.2, 0.25) is 0 Å². The zero-order valence-corrected chi connectivity index (χ0v) is 15.7. The molecule has 1 aliphatic rings. The Kier molecular flexibility index (Phi) is 6.24. The minimum atomic E-state index is -0.571. The second-order valence-electron chi connectivity index (χ2n) is 6.98. The van der Waals surface area contributed by atoms with Gasteiger partial charge in [0, 0.05) is 5.92 Å². The molecule has 0 saturated carbocycles. The summed E-state index contributed by atoms with van der Waals surface area (Å²) >= 11 is 0. The predicted molar refractivity (Wildman–Crippen MR) is 102 cm³/mol. The van der Waals surface area contributed by atoms with Crippen LogP contribution >= 0.6 is 0 Å². The molecule has 142 valence electrons. The maximum atomic E-state index is 13.0. The highest BCUT2D eigenvalue weighted by Crippen LogP contribution is 2.30. The van der Waals surface area contributed by atoms with Crippen LogP contribution < -0.4 is 0 Å². The maximum absolute atomic E-state index is 13.0. The van der Waals surface area contributed by atoms with Gasteiger partial charge < -0.3 is 9.47 Å². The number of carbonyl (C=O) groups excluding carboxylic acids is 2. The van der Waals surface area contributed by atoms with Crippen molar-refractivity contribution in [2.75, 3.05) is 13.2 Å². The van der Waals surface area contributed by atoms with Crippen molar-refractivity contribution in [3.05, 3.63) is 71.8 Å². The molecule has 3 atom stereocenters. The highest BCUT2D eigenvalue weighted by atomic mass is 16.6. The molecule has 2 aromatic carbocycles. The summed E-state index contributed by atoms with van der Waals surface area (Å²) in [6.45, 7) is 4.95. The van der Waals surface area contributed by atoms with E-state index in [1.807, 2.05) is 74.5 Å². The summed E-state index contributed by atoms with van der Waals surface area (Å²) in [6, 6.07) is 19.0. The number of imide groups is 1. The van der Waals surface area contributed by atoms with Crippen LogP contribution in [-0.4, -0.2) is 30.1 Å². The van der Waals surface area contributed by atoms with Crippen LogP contribution in [0.1, 0.15) is 31.0 Å². The smallest absolute Gasteiger partial charge is 0.417 e. The molecule has 5 nitrogen and oxygen atoms in total. The Hall–Kier alpha value is -2.66. The third-order valence-corrected chi connectivity index (χ3v) is 5.03. The fourth-order valence-corrected chi connectivity index (χ4v) is 3.13. The minimum absolute atomic E-state index is 0.0222. The van der Waals surface area contributed by atoms with E-state index in [1.165, 1.54) is 4.90 Å². The molecule has 5 heteroatoms. The molecule has 1 aliphatic heterocycles. The average Bonchev–Trinajstić information content (AvgIpc) is 3.09. The fourth-order valence-electron chi connectivity index (χ4n) is 3.13. The number of benzene rings is 2. The van der Waals surface area contributed by atoms with Crippen LogP contribution in [0.15, 0.2) is 60.7 Å². The monoisotopic (exact) mass is 367 g/mol. The van der Waals surface area contributed by atoms with Gasteiger partial charge in [-0.05, 0) is 17.0 Å². The molecule has 0 N–H and O–H groups in total. The summed E-state index contributed by atoms with van der Waals surface area (Å²) in [5.41, 5.74) is 1.99. The lowest BCUT2D eigenvalue weighted by atomic mass is 9.94. The molecule has 27 heavy (non-hydrogen) atoms. The van der Waals surface area contributed by atoms with Gasteiger partial charge >= 0.3 is 6.09 Å². The van der Waals surface area contributed by atoms with E-state index >= 15 is 0 Å². The van der Waals surface area contributed by atoms with Gasteiger partial charge in [0.15, 0.2) is 0 Å². The lowest BCUT2D eigenvalue weighted by Crippen LogP contribution is -2.40. The number of hydrogen-bond donors (Lipinski definition) is 0.